The Hall–Kier alpha value is -7.04. The largest absolute Gasteiger partial charge is 0.455 e. The van der Waals surface area contributed by atoms with E-state index in [2.05, 4.69) is 157 Å². The van der Waals surface area contributed by atoms with Crippen LogP contribution in [0.5, 0.6) is 0 Å². The predicted octanol–water partition coefficient (Wildman–Crippen LogP) is 12.4. The molecule has 0 bridgehead atoms. The van der Waals surface area contributed by atoms with Crippen LogP contribution in [0.4, 0.5) is 0 Å². The number of benzene rings is 9. The standard InChI is InChI=1S/C49H31N3O/c1-2-14-30(15-3-1)47-50-48(52-49(51-47)43-29-32-17-5-7-19-34(32)36-21-9-11-23-38(36)43)41-26-13-27-44-45(41)40-25-12-24-39(46(40)53-44)42-28-31-16-4-6-18-33(31)35-20-8-10-22-37(35)42/h1-29,49H,(H,50,51,52). The number of nitrogens with one attached hydrogen (secondary N) is 1. The molecule has 53 heavy (non-hydrogen) atoms. The fraction of sp³-hybridized carbons (Fsp3) is 0.0204. The van der Waals surface area contributed by atoms with Crippen molar-refractivity contribution in [1.82, 2.24) is 5.32 Å². The number of amidine groups is 2. The Morgan fingerprint density at radius 3 is 1.81 bits per heavy atom. The van der Waals surface area contributed by atoms with Crippen molar-refractivity contribution in [3.63, 3.8) is 0 Å². The van der Waals surface area contributed by atoms with Crippen molar-refractivity contribution in [3.8, 4) is 11.1 Å². The third-order valence-electron chi connectivity index (χ3n) is 10.7. The first-order valence-corrected chi connectivity index (χ1v) is 18.0. The summed E-state index contributed by atoms with van der Waals surface area (Å²) in [5, 5.41) is 15.4. The maximum Gasteiger partial charge on any atom is 0.160 e. The Morgan fingerprint density at radius 2 is 1.04 bits per heavy atom. The molecule has 1 aliphatic rings. The van der Waals surface area contributed by atoms with Gasteiger partial charge in [-0.25, -0.2) is 9.98 Å². The molecule has 1 N–H and O–H groups in total. The minimum atomic E-state index is -0.375. The Kier molecular flexibility index (Phi) is 6.58. The summed E-state index contributed by atoms with van der Waals surface area (Å²) in [6.45, 7) is 0. The molecule has 248 valence electrons. The lowest BCUT2D eigenvalue weighted by atomic mass is 9.92. The summed E-state index contributed by atoms with van der Waals surface area (Å²) in [5.74, 6) is 1.45. The molecule has 0 amide bonds. The number of hydrogen-bond acceptors (Lipinski definition) is 4. The summed E-state index contributed by atoms with van der Waals surface area (Å²) >= 11 is 0. The van der Waals surface area contributed by atoms with Gasteiger partial charge in [0.15, 0.2) is 5.84 Å². The minimum absolute atomic E-state index is 0.375. The average Bonchev–Trinajstić information content (AvgIpc) is 3.63. The molecular formula is C49H31N3O. The summed E-state index contributed by atoms with van der Waals surface area (Å²) in [6.07, 6.45) is -0.375. The van der Waals surface area contributed by atoms with E-state index in [4.69, 9.17) is 14.4 Å². The zero-order valence-electron chi connectivity index (χ0n) is 28.6. The fourth-order valence-corrected chi connectivity index (χ4v) is 8.30. The number of aliphatic imine (C=N–C) groups is 2. The molecule has 0 saturated heterocycles. The van der Waals surface area contributed by atoms with E-state index < -0.39 is 0 Å². The molecule has 1 unspecified atom stereocenters. The van der Waals surface area contributed by atoms with Crippen LogP contribution in [0.15, 0.2) is 190 Å². The summed E-state index contributed by atoms with van der Waals surface area (Å²) in [5.41, 5.74) is 6.92. The molecule has 11 rings (SSSR count). The zero-order chi connectivity index (χ0) is 34.9. The zero-order valence-corrected chi connectivity index (χ0v) is 28.6. The van der Waals surface area contributed by atoms with Crippen molar-refractivity contribution >= 4 is 76.7 Å². The Morgan fingerprint density at radius 1 is 0.453 bits per heavy atom. The van der Waals surface area contributed by atoms with Gasteiger partial charge in [-0.1, -0.05) is 158 Å². The second kappa shape index (κ2) is 11.8. The molecule has 10 aromatic rings. The van der Waals surface area contributed by atoms with Crippen LogP contribution in [0.25, 0.3) is 76.2 Å². The topological polar surface area (TPSA) is 49.9 Å². The fourth-order valence-electron chi connectivity index (χ4n) is 8.30. The first-order valence-electron chi connectivity index (χ1n) is 18.0. The van der Waals surface area contributed by atoms with Crippen molar-refractivity contribution in [2.45, 2.75) is 6.17 Å². The van der Waals surface area contributed by atoms with E-state index in [0.29, 0.717) is 5.84 Å². The molecule has 2 heterocycles. The van der Waals surface area contributed by atoms with Crippen LogP contribution in [-0.4, -0.2) is 11.7 Å². The van der Waals surface area contributed by atoms with E-state index in [9.17, 15) is 0 Å². The quantitative estimate of drug-likeness (QED) is 0.189. The first kappa shape index (κ1) is 29.7. The normalized spacial score (nSPS) is 14.6. The summed E-state index contributed by atoms with van der Waals surface area (Å²) < 4.78 is 6.84. The van der Waals surface area contributed by atoms with Crippen LogP contribution < -0.4 is 5.32 Å². The number of fused-ring (bicyclic) bond motifs is 9. The highest BCUT2D eigenvalue weighted by atomic mass is 16.3. The Balaban J connectivity index is 1.15. The second-order valence-corrected chi connectivity index (χ2v) is 13.7. The van der Waals surface area contributed by atoms with Gasteiger partial charge in [0.05, 0.1) is 0 Å². The van der Waals surface area contributed by atoms with Gasteiger partial charge in [-0.3, -0.25) is 0 Å². The van der Waals surface area contributed by atoms with Gasteiger partial charge in [-0.05, 0) is 66.9 Å². The number of furan rings is 1. The lowest BCUT2D eigenvalue weighted by Crippen LogP contribution is -2.33. The van der Waals surface area contributed by atoms with Crippen LogP contribution in [0.1, 0.15) is 22.9 Å². The molecule has 4 heteroatoms. The van der Waals surface area contributed by atoms with E-state index in [0.717, 1.165) is 55.6 Å². The van der Waals surface area contributed by atoms with Crippen molar-refractivity contribution in [1.29, 1.82) is 0 Å². The third-order valence-corrected chi connectivity index (χ3v) is 10.7. The Bertz CT molecular complexity index is 3150. The molecule has 9 aromatic carbocycles. The lowest BCUT2D eigenvalue weighted by molar-refractivity contribution is 0.669. The van der Waals surface area contributed by atoms with Crippen molar-refractivity contribution in [3.05, 3.63) is 193 Å². The van der Waals surface area contributed by atoms with Gasteiger partial charge in [0, 0.05) is 33.0 Å². The van der Waals surface area contributed by atoms with Crippen LogP contribution in [-0.2, 0) is 0 Å². The monoisotopic (exact) mass is 677 g/mol. The summed E-state index contributed by atoms with van der Waals surface area (Å²) in [7, 11) is 0. The molecule has 1 atom stereocenters. The highest BCUT2D eigenvalue weighted by Gasteiger charge is 2.26. The van der Waals surface area contributed by atoms with Gasteiger partial charge in [-0.2, -0.15) is 0 Å². The van der Waals surface area contributed by atoms with Gasteiger partial charge in [0.1, 0.15) is 23.2 Å². The predicted molar refractivity (Wildman–Crippen MR) is 221 cm³/mol. The number of hydrogen-bond donors (Lipinski definition) is 1. The minimum Gasteiger partial charge on any atom is -0.455 e. The molecule has 0 saturated carbocycles. The van der Waals surface area contributed by atoms with Gasteiger partial charge >= 0.3 is 0 Å². The van der Waals surface area contributed by atoms with Crippen molar-refractivity contribution < 1.29 is 4.42 Å². The number of nitrogens with zero attached hydrogens (tertiary/aromatic N) is 2. The maximum atomic E-state index is 6.84. The van der Waals surface area contributed by atoms with Crippen molar-refractivity contribution in [2.24, 2.45) is 9.98 Å². The van der Waals surface area contributed by atoms with Gasteiger partial charge < -0.3 is 9.73 Å². The highest BCUT2D eigenvalue weighted by molar-refractivity contribution is 6.24. The van der Waals surface area contributed by atoms with Crippen LogP contribution in [0.2, 0.25) is 0 Å². The van der Waals surface area contributed by atoms with Gasteiger partial charge in [-0.15, -0.1) is 0 Å². The second-order valence-electron chi connectivity index (χ2n) is 13.7. The molecule has 1 aliphatic heterocycles. The molecule has 0 spiro atoms. The smallest absolute Gasteiger partial charge is 0.160 e. The number of rotatable bonds is 4. The summed E-state index contributed by atoms with van der Waals surface area (Å²) in [4.78, 5) is 10.7. The molecule has 4 nitrogen and oxygen atoms in total. The SMILES string of the molecule is c1ccc(C2=NC(c3cccc4oc5c(-c6cc7ccccc7c7ccccc67)cccc5c34)=NC(c3cc4ccccc4c4ccccc34)N2)cc1. The van der Waals surface area contributed by atoms with Gasteiger partial charge in [0.2, 0.25) is 0 Å². The first-order chi connectivity index (χ1) is 26.3. The molecule has 0 radical (unpaired) electrons. The third kappa shape index (κ3) is 4.69. The van der Waals surface area contributed by atoms with E-state index in [1.807, 2.05) is 24.3 Å². The van der Waals surface area contributed by atoms with E-state index in [1.54, 1.807) is 0 Å². The van der Waals surface area contributed by atoms with E-state index in [-0.39, 0.29) is 6.17 Å². The lowest BCUT2D eigenvalue weighted by Gasteiger charge is -2.25. The van der Waals surface area contributed by atoms with Crippen LogP contribution in [0.3, 0.4) is 0 Å². The molecule has 0 fully saturated rings. The van der Waals surface area contributed by atoms with Crippen molar-refractivity contribution in [2.75, 3.05) is 0 Å². The highest BCUT2D eigenvalue weighted by Crippen LogP contribution is 2.42. The maximum absolute atomic E-state index is 6.84. The van der Waals surface area contributed by atoms with Gasteiger partial charge in [0.25, 0.3) is 0 Å². The number of para-hydroxylation sites is 1. The van der Waals surface area contributed by atoms with Crippen LogP contribution >= 0.6 is 0 Å². The average molecular weight is 678 g/mol. The summed E-state index contributed by atoms with van der Waals surface area (Å²) in [6, 6.07) is 62.1. The molecule has 0 aliphatic carbocycles. The molecular weight excluding hydrogens is 647 g/mol. The van der Waals surface area contributed by atoms with E-state index in [1.165, 1.54) is 43.1 Å². The Labute approximate surface area is 305 Å². The van der Waals surface area contributed by atoms with Crippen LogP contribution in [0, 0.1) is 0 Å². The van der Waals surface area contributed by atoms with E-state index >= 15 is 0 Å². The molecule has 1 aromatic heterocycles.